The first-order valence-corrected chi connectivity index (χ1v) is 11.5. The Morgan fingerprint density at radius 2 is 1.29 bits per heavy atom. The Morgan fingerprint density at radius 1 is 0.794 bits per heavy atom. The Balaban J connectivity index is -0.000000114. The van der Waals surface area contributed by atoms with Gasteiger partial charge in [-0.25, -0.2) is 4.79 Å². The normalized spacial score (nSPS) is 9.26. The van der Waals surface area contributed by atoms with Crippen molar-refractivity contribution in [1.82, 2.24) is 6.15 Å². The van der Waals surface area contributed by atoms with Gasteiger partial charge in [0.1, 0.15) is 6.61 Å². The zero-order valence-electron chi connectivity index (χ0n) is 20.6. The molecule has 0 aliphatic heterocycles. The molecule has 0 amide bonds. The van der Waals surface area contributed by atoms with E-state index in [1.165, 1.54) is 44.9 Å². The molecule has 0 unspecified atom stereocenters. The summed E-state index contributed by atoms with van der Waals surface area (Å²) in [4.78, 5) is 23.5. The summed E-state index contributed by atoms with van der Waals surface area (Å²) in [5.74, 6) is 23.0. The van der Waals surface area contributed by atoms with Gasteiger partial charge in [-0.3, -0.25) is 4.79 Å². The highest BCUT2D eigenvalue weighted by molar-refractivity contribution is 5.89. The van der Waals surface area contributed by atoms with Crippen molar-refractivity contribution in [2.75, 3.05) is 13.2 Å². The summed E-state index contributed by atoms with van der Waals surface area (Å²) < 4.78 is 10.0. The Bertz CT molecular complexity index is 914. The van der Waals surface area contributed by atoms with Crippen LogP contribution in [-0.4, -0.2) is 36.4 Å². The molecule has 0 aromatic heterocycles. The number of hydrogen-bond donors (Lipinski definition) is 2. The van der Waals surface area contributed by atoms with Gasteiger partial charge in [0.25, 0.3) is 0 Å². The molecule has 202 valence electrons. The van der Waals surface area contributed by atoms with Crippen LogP contribution in [0.3, 0.4) is 0 Å². The zero-order valence-corrected chi connectivity index (χ0v) is 20.6. The second kappa shape index (κ2) is 25.9. The highest BCUT2D eigenvalue weighted by atomic mass is 16.6. The van der Waals surface area contributed by atoms with Gasteiger partial charge >= 0.3 is 11.9 Å². The number of hydrogen-bond acceptors (Lipinski definition) is 6. The molecule has 4 N–H and O–H groups in total. The quantitative estimate of drug-likeness (QED) is 0.124. The fourth-order valence-electron chi connectivity index (χ4n) is 2.66. The number of unbranched alkanes of at least 4 members (excludes halogenated alkanes) is 9. The fraction of sp³-hybridized carbons (Fsp3) is 0.571. The largest absolute Gasteiger partial charge is 0.456 e. The van der Waals surface area contributed by atoms with Crippen molar-refractivity contribution in [3.8, 4) is 59.2 Å². The molecule has 0 aromatic carbocycles. The smallest absolute Gasteiger partial charge is 0.385 e. The Labute approximate surface area is 218 Å². The predicted molar refractivity (Wildman–Crippen MR) is 153 cm³/mol. The second-order valence-corrected chi connectivity index (χ2v) is 7.20. The molecular weight excluding hydrogens is 430 g/mol. The standard InChI is InChI=1S/C28H34O5.H3N.9H2/c1-3-5-7-9-11-13-15-17-19-21-23-28(31)33-26(24-29)25-32-27(30)22-20-18-16-14-12-10-8-6-4-2;;;;;;;;;;/h26,29H,3,5,7,9,11,13,15,17,19,21,23-25H2,1-2H3;1H3;9*1H/t26-;;;;;;;;;;/m1........../s1. The third kappa shape index (κ3) is 23.3. The zero-order chi connectivity index (χ0) is 24.4. The molecule has 0 spiro atoms. The summed E-state index contributed by atoms with van der Waals surface area (Å²) in [5.41, 5.74) is 0. The summed E-state index contributed by atoms with van der Waals surface area (Å²) in [5, 5.41) is 9.32. The van der Waals surface area contributed by atoms with Gasteiger partial charge in [0.2, 0.25) is 0 Å². The average Bonchev–Trinajstić information content (AvgIpc) is 2.81. The molecular formula is C28H55NO5. The molecule has 0 aliphatic carbocycles. The van der Waals surface area contributed by atoms with Gasteiger partial charge in [0.05, 0.1) is 6.61 Å². The van der Waals surface area contributed by atoms with Crippen LogP contribution in [0.15, 0.2) is 0 Å². The van der Waals surface area contributed by atoms with Crippen molar-refractivity contribution in [3.05, 3.63) is 0 Å². The Morgan fingerprint density at radius 3 is 1.82 bits per heavy atom. The first-order valence-electron chi connectivity index (χ1n) is 11.5. The predicted octanol–water partition coefficient (Wildman–Crippen LogP) is 6.16. The van der Waals surface area contributed by atoms with Crippen molar-refractivity contribution in [1.29, 1.82) is 0 Å². The van der Waals surface area contributed by atoms with Crippen LogP contribution in [-0.2, 0) is 19.1 Å². The number of aliphatic hydroxyl groups is 1. The highest BCUT2D eigenvalue weighted by Crippen LogP contribution is 2.11. The van der Waals surface area contributed by atoms with E-state index in [2.05, 4.69) is 66.1 Å². The summed E-state index contributed by atoms with van der Waals surface area (Å²) in [6, 6.07) is 0. The van der Waals surface area contributed by atoms with Crippen LogP contribution in [0.2, 0.25) is 0 Å². The number of carbonyl (C=O) groups is 2. The molecule has 1 atom stereocenters. The van der Waals surface area contributed by atoms with E-state index in [0.717, 1.165) is 19.3 Å². The molecule has 0 heterocycles. The lowest BCUT2D eigenvalue weighted by atomic mass is 10.1. The minimum atomic E-state index is -0.909. The maximum absolute atomic E-state index is 11.9. The minimum Gasteiger partial charge on any atom is -0.456 e. The van der Waals surface area contributed by atoms with Gasteiger partial charge in [-0.1, -0.05) is 70.6 Å². The first kappa shape index (κ1) is 32.8. The van der Waals surface area contributed by atoms with Crippen molar-refractivity contribution < 1.29 is 37.0 Å². The second-order valence-electron chi connectivity index (χ2n) is 7.20. The molecule has 0 aliphatic rings. The van der Waals surface area contributed by atoms with Crippen LogP contribution < -0.4 is 6.15 Å². The van der Waals surface area contributed by atoms with Gasteiger partial charge in [-0.2, -0.15) is 0 Å². The van der Waals surface area contributed by atoms with E-state index in [0.29, 0.717) is 0 Å². The lowest BCUT2D eigenvalue weighted by molar-refractivity contribution is -0.159. The van der Waals surface area contributed by atoms with Crippen LogP contribution in [0.5, 0.6) is 0 Å². The number of ether oxygens (including phenoxy) is 2. The monoisotopic (exact) mass is 485 g/mol. The molecule has 0 bridgehead atoms. The number of rotatable bonds is 15. The molecule has 0 aromatic rings. The van der Waals surface area contributed by atoms with E-state index in [4.69, 9.17) is 9.47 Å². The molecule has 6 heteroatoms. The Hall–Kier alpha value is -3.34. The third-order valence-electron chi connectivity index (χ3n) is 4.36. The fourth-order valence-corrected chi connectivity index (χ4v) is 2.66. The Kier molecular flexibility index (Phi) is 25.0. The van der Waals surface area contributed by atoms with Crippen LogP contribution in [0.4, 0.5) is 0 Å². The summed E-state index contributed by atoms with van der Waals surface area (Å²) in [7, 11) is 0. The number of esters is 2. The average molecular weight is 486 g/mol. The van der Waals surface area contributed by atoms with Gasteiger partial charge in [0.15, 0.2) is 6.10 Å². The number of aliphatic hydroxyl groups excluding tert-OH is 1. The molecule has 0 saturated carbocycles. The minimum absolute atomic E-state index is 0. The van der Waals surface area contributed by atoms with Crippen molar-refractivity contribution in [2.24, 2.45) is 0 Å². The third-order valence-corrected chi connectivity index (χ3v) is 4.36. The molecule has 34 heavy (non-hydrogen) atoms. The lowest BCUT2D eigenvalue weighted by Gasteiger charge is -2.14. The van der Waals surface area contributed by atoms with Crippen molar-refractivity contribution in [2.45, 2.75) is 90.6 Å². The van der Waals surface area contributed by atoms with E-state index < -0.39 is 24.6 Å². The van der Waals surface area contributed by atoms with E-state index >= 15 is 0 Å². The van der Waals surface area contributed by atoms with Gasteiger partial charge in [-0.05, 0) is 60.7 Å². The summed E-state index contributed by atoms with van der Waals surface area (Å²) >= 11 is 0. The first-order chi connectivity index (χ1) is 16.1. The van der Waals surface area contributed by atoms with Gasteiger partial charge < -0.3 is 20.7 Å². The topological polar surface area (TPSA) is 108 Å². The maximum atomic E-state index is 11.9. The van der Waals surface area contributed by atoms with Crippen molar-refractivity contribution >= 4 is 11.9 Å². The van der Waals surface area contributed by atoms with Gasteiger partial charge in [-0.15, -0.1) is 0 Å². The molecule has 0 fully saturated rings. The van der Waals surface area contributed by atoms with E-state index in [-0.39, 0.29) is 32.0 Å². The number of carbonyl (C=O) groups excluding carboxylic acids is 2. The lowest BCUT2D eigenvalue weighted by Crippen LogP contribution is -2.28. The van der Waals surface area contributed by atoms with E-state index in [9.17, 15) is 14.7 Å². The van der Waals surface area contributed by atoms with Crippen LogP contribution in [0, 0.1) is 59.2 Å². The van der Waals surface area contributed by atoms with E-state index in [1.807, 2.05) is 0 Å². The SMILES string of the molecule is CC#CC#CC#CC#CC#CC(=O)OC[C@@H](CO)OC(=O)CCCCCCCCCCCC.N.[HH].[HH].[HH].[HH].[HH].[HH].[HH].[HH].[HH]. The summed E-state index contributed by atoms with van der Waals surface area (Å²) in [6.45, 7) is 3.18. The van der Waals surface area contributed by atoms with Crippen LogP contribution in [0.25, 0.3) is 0 Å². The van der Waals surface area contributed by atoms with Crippen LogP contribution >= 0.6 is 0 Å². The van der Waals surface area contributed by atoms with Crippen LogP contribution in [0.1, 0.15) is 97.3 Å². The van der Waals surface area contributed by atoms with Crippen molar-refractivity contribution in [3.63, 3.8) is 0 Å². The molecule has 0 saturated heterocycles. The molecule has 6 nitrogen and oxygen atoms in total. The molecule has 0 rings (SSSR count). The molecule has 0 radical (unpaired) electrons. The maximum Gasteiger partial charge on any atom is 0.385 e. The highest BCUT2D eigenvalue weighted by Gasteiger charge is 2.15. The summed E-state index contributed by atoms with van der Waals surface area (Å²) in [6.07, 6.45) is 11.2. The van der Waals surface area contributed by atoms with E-state index in [1.54, 1.807) is 6.92 Å². The van der Waals surface area contributed by atoms with Gasteiger partial charge in [0, 0.05) is 25.2 Å².